The first-order valence-electron chi connectivity index (χ1n) is 2.37. The summed E-state index contributed by atoms with van der Waals surface area (Å²) in [5.74, 6) is 0.843. The molecule has 0 amide bonds. The van der Waals surface area contributed by atoms with Crippen molar-refractivity contribution < 1.29 is 4.74 Å². The molecule has 0 bridgehead atoms. The largest absolute Gasteiger partial charge is 0.379 e. The molecule has 46 valence electrons. The molecule has 0 radical (unpaired) electrons. The summed E-state index contributed by atoms with van der Waals surface area (Å²) in [6.45, 7) is 0.848. The summed E-state index contributed by atoms with van der Waals surface area (Å²) in [7, 11) is 0. The van der Waals surface area contributed by atoms with Crippen LogP contribution < -0.4 is 5.73 Å². The molecule has 0 saturated carbocycles. The van der Waals surface area contributed by atoms with E-state index in [1.165, 1.54) is 11.8 Å². The molecular formula is C4H8N2OS. The van der Waals surface area contributed by atoms with Gasteiger partial charge in [0.15, 0.2) is 5.17 Å². The highest BCUT2D eigenvalue weighted by molar-refractivity contribution is 8.13. The molecule has 8 heavy (non-hydrogen) atoms. The number of hydrogen-bond acceptors (Lipinski definition) is 3. The van der Waals surface area contributed by atoms with Crippen molar-refractivity contribution >= 4 is 16.9 Å². The minimum atomic E-state index is 0.181. The number of amidine groups is 1. The summed E-state index contributed by atoms with van der Waals surface area (Å²) in [5.41, 5.74) is 5.06. The van der Waals surface area contributed by atoms with Crippen LogP contribution in [0.5, 0.6) is 0 Å². The zero-order valence-corrected chi connectivity index (χ0v) is 5.20. The topological polar surface area (TPSA) is 62.4 Å². The minimum Gasteiger partial charge on any atom is -0.379 e. The number of thioether (sulfide) groups is 1. The average Bonchev–Trinajstić information content (AvgIpc) is 2.41. The van der Waals surface area contributed by atoms with Crippen LogP contribution in [0.1, 0.15) is 0 Å². The molecule has 4 heteroatoms. The van der Waals surface area contributed by atoms with Gasteiger partial charge in [-0.2, -0.15) is 0 Å². The standard InChI is InChI=1S/C4H8N2OS/c5-4(6)8-2-3-1-7-3/h3H,1-2H2,(H3,5,6). The van der Waals surface area contributed by atoms with Gasteiger partial charge in [0.05, 0.1) is 12.7 Å². The van der Waals surface area contributed by atoms with Crippen molar-refractivity contribution in [2.75, 3.05) is 12.4 Å². The predicted octanol–water partition coefficient (Wildman–Crippen LogP) is 0.0119. The smallest absolute Gasteiger partial charge is 0.151 e. The Morgan fingerprint density at radius 3 is 3.00 bits per heavy atom. The first kappa shape index (κ1) is 5.91. The molecule has 1 rings (SSSR count). The van der Waals surface area contributed by atoms with Crippen LogP contribution in [0, 0.1) is 5.41 Å². The van der Waals surface area contributed by atoms with E-state index < -0.39 is 0 Å². The van der Waals surface area contributed by atoms with Crippen LogP contribution in [0.15, 0.2) is 0 Å². The summed E-state index contributed by atoms with van der Waals surface area (Å²) in [5, 5.41) is 6.98. The molecule has 1 atom stereocenters. The first-order chi connectivity index (χ1) is 3.79. The maximum Gasteiger partial charge on any atom is 0.151 e. The number of ether oxygens (including phenoxy) is 1. The van der Waals surface area contributed by atoms with E-state index in [9.17, 15) is 0 Å². The number of nitrogens with two attached hydrogens (primary N) is 1. The summed E-state index contributed by atoms with van der Waals surface area (Å²) in [6, 6.07) is 0. The highest BCUT2D eigenvalue weighted by Gasteiger charge is 2.22. The quantitative estimate of drug-likeness (QED) is 0.316. The number of epoxide rings is 1. The molecule has 0 aromatic rings. The molecule has 0 spiro atoms. The maximum absolute atomic E-state index is 6.80. The van der Waals surface area contributed by atoms with Gasteiger partial charge in [-0.15, -0.1) is 0 Å². The van der Waals surface area contributed by atoms with Crippen molar-refractivity contribution in [2.45, 2.75) is 6.10 Å². The van der Waals surface area contributed by atoms with Gasteiger partial charge in [0, 0.05) is 5.75 Å². The third-order valence-electron chi connectivity index (χ3n) is 0.827. The van der Waals surface area contributed by atoms with Crippen LogP contribution in [0.25, 0.3) is 0 Å². The Hall–Kier alpha value is -0.220. The van der Waals surface area contributed by atoms with E-state index in [1.807, 2.05) is 0 Å². The van der Waals surface area contributed by atoms with Gasteiger partial charge in [-0.25, -0.2) is 0 Å². The minimum absolute atomic E-state index is 0.181. The van der Waals surface area contributed by atoms with Crippen molar-refractivity contribution in [1.29, 1.82) is 5.41 Å². The summed E-state index contributed by atoms with van der Waals surface area (Å²) < 4.78 is 4.89. The molecular weight excluding hydrogens is 124 g/mol. The van der Waals surface area contributed by atoms with Gasteiger partial charge in [-0.3, -0.25) is 5.41 Å². The van der Waals surface area contributed by atoms with E-state index in [4.69, 9.17) is 15.9 Å². The van der Waals surface area contributed by atoms with Gasteiger partial charge in [0.2, 0.25) is 0 Å². The molecule has 0 aromatic carbocycles. The van der Waals surface area contributed by atoms with Gasteiger partial charge in [-0.05, 0) is 0 Å². The zero-order valence-electron chi connectivity index (χ0n) is 4.39. The molecule has 1 unspecified atom stereocenters. The molecule has 0 aliphatic carbocycles. The Morgan fingerprint density at radius 2 is 2.62 bits per heavy atom. The van der Waals surface area contributed by atoms with Crippen LogP contribution in [0.3, 0.4) is 0 Å². The summed E-state index contributed by atoms with van der Waals surface area (Å²) in [4.78, 5) is 0. The molecule has 1 fully saturated rings. The average molecular weight is 132 g/mol. The van der Waals surface area contributed by atoms with Crippen molar-refractivity contribution in [1.82, 2.24) is 0 Å². The molecule has 0 aromatic heterocycles. The Kier molecular flexibility index (Phi) is 1.75. The molecule has 1 heterocycles. The lowest BCUT2D eigenvalue weighted by Crippen LogP contribution is -2.06. The van der Waals surface area contributed by atoms with Crippen molar-refractivity contribution in [3.05, 3.63) is 0 Å². The zero-order chi connectivity index (χ0) is 5.98. The second-order valence-electron chi connectivity index (χ2n) is 1.63. The summed E-state index contributed by atoms with van der Waals surface area (Å²) >= 11 is 1.34. The third kappa shape index (κ3) is 2.18. The lowest BCUT2D eigenvalue weighted by atomic mass is 10.6. The monoisotopic (exact) mass is 132 g/mol. The van der Waals surface area contributed by atoms with E-state index in [-0.39, 0.29) is 5.17 Å². The fourth-order valence-corrected chi connectivity index (χ4v) is 0.905. The highest BCUT2D eigenvalue weighted by atomic mass is 32.2. The van der Waals surface area contributed by atoms with Crippen molar-refractivity contribution in [3.8, 4) is 0 Å². The Labute approximate surface area is 52.1 Å². The summed E-state index contributed by atoms with van der Waals surface area (Å²) in [6.07, 6.45) is 0.379. The molecule has 3 nitrogen and oxygen atoms in total. The lowest BCUT2D eigenvalue weighted by molar-refractivity contribution is 0.426. The third-order valence-corrected chi connectivity index (χ3v) is 1.68. The molecule has 3 N–H and O–H groups in total. The second-order valence-corrected chi connectivity index (χ2v) is 2.69. The predicted molar refractivity (Wildman–Crippen MR) is 34.1 cm³/mol. The first-order valence-corrected chi connectivity index (χ1v) is 3.36. The highest BCUT2D eigenvalue weighted by Crippen LogP contribution is 2.14. The maximum atomic E-state index is 6.80. The van der Waals surface area contributed by atoms with E-state index in [0.717, 1.165) is 12.4 Å². The number of rotatable bonds is 2. The second kappa shape index (κ2) is 2.37. The van der Waals surface area contributed by atoms with Crippen LogP contribution in [-0.4, -0.2) is 23.6 Å². The van der Waals surface area contributed by atoms with Crippen LogP contribution in [-0.2, 0) is 4.74 Å². The Bertz CT molecular complexity index is 102. The van der Waals surface area contributed by atoms with Gasteiger partial charge in [0.25, 0.3) is 0 Å². The lowest BCUT2D eigenvalue weighted by Gasteiger charge is -1.90. The van der Waals surface area contributed by atoms with Gasteiger partial charge in [-0.1, -0.05) is 11.8 Å². The molecule has 1 aliphatic rings. The van der Waals surface area contributed by atoms with Crippen LogP contribution in [0.2, 0.25) is 0 Å². The van der Waals surface area contributed by atoms with Crippen LogP contribution in [0.4, 0.5) is 0 Å². The normalized spacial score (nSPS) is 25.2. The van der Waals surface area contributed by atoms with E-state index >= 15 is 0 Å². The van der Waals surface area contributed by atoms with Crippen molar-refractivity contribution in [3.63, 3.8) is 0 Å². The SMILES string of the molecule is N=C(N)SCC1CO1. The van der Waals surface area contributed by atoms with Crippen molar-refractivity contribution in [2.24, 2.45) is 5.73 Å². The molecule has 1 saturated heterocycles. The van der Waals surface area contributed by atoms with Gasteiger partial charge >= 0.3 is 0 Å². The van der Waals surface area contributed by atoms with E-state index in [2.05, 4.69) is 0 Å². The van der Waals surface area contributed by atoms with E-state index in [0.29, 0.717) is 6.10 Å². The molecule has 1 aliphatic heterocycles. The fourth-order valence-electron chi connectivity index (χ4n) is 0.347. The number of hydrogen-bond donors (Lipinski definition) is 2. The van der Waals surface area contributed by atoms with Gasteiger partial charge < -0.3 is 10.5 Å². The van der Waals surface area contributed by atoms with Crippen LogP contribution >= 0.6 is 11.8 Å². The van der Waals surface area contributed by atoms with Gasteiger partial charge in [0.1, 0.15) is 0 Å². The van der Waals surface area contributed by atoms with E-state index in [1.54, 1.807) is 0 Å². The Morgan fingerprint density at radius 1 is 2.00 bits per heavy atom. The fraction of sp³-hybridized carbons (Fsp3) is 0.750. The number of nitrogens with one attached hydrogen (secondary N) is 1. The Balaban J connectivity index is 1.95.